The summed E-state index contributed by atoms with van der Waals surface area (Å²) in [5, 5.41) is 12.9. The summed E-state index contributed by atoms with van der Waals surface area (Å²) >= 11 is 0. The lowest BCUT2D eigenvalue weighted by Crippen LogP contribution is -2.53. The highest BCUT2D eigenvalue weighted by molar-refractivity contribution is 5.92. The van der Waals surface area contributed by atoms with Gasteiger partial charge in [0, 0.05) is 30.1 Å². The van der Waals surface area contributed by atoms with Gasteiger partial charge in [0.2, 0.25) is 11.8 Å². The molecule has 138 valence electrons. The molecule has 26 heavy (non-hydrogen) atoms. The van der Waals surface area contributed by atoms with Gasteiger partial charge < -0.3 is 26.0 Å². The van der Waals surface area contributed by atoms with E-state index in [0.717, 1.165) is 16.5 Å². The molecule has 0 aliphatic carbocycles. The fourth-order valence-corrected chi connectivity index (χ4v) is 3.46. The number of hydrogen-bond acceptors (Lipinski definition) is 4. The predicted molar refractivity (Wildman–Crippen MR) is 95.4 cm³/mol. The average Bonchev–Trinajstić information content (AvgIpc) is 3.28. The van der Waals surface area contributed by atoms with E-state index in [2.05, 4.69) is 10.3 Å². The minimum Gasteiger partial charge on any atom is -0.480 e. The van der Waals surface area contributed by atoms with Crippen molar-refractivity contribution in [2.75, 3.05) is 13.1 Å². The molecule has 1 aromatic heterocycles. The summed E-state index contributed by atoms with van der Waals surface area (Å²) in [6.45, 7) is 0.138. The molecule has 8 nitrogen and oxygen atoms in total. The van der Waals surface area contributed by atoms with Gasteiger partial charge in [0.25, 0.3) is 0 Å². The summed E-state index contributed by atoms with van der Waals surface area (Å²) in [5.74, 6) is -1.86. The smallest absolute Gasteiger partial charge is 0.326 e. The monoisotopic (exact) mass is 358 g/mol. The summed E-state index contributed by atoms with van der Waals surface area (Å²) in [7, 11) is 0. The number of aromatic amines is 1. The highest BCUT2D eigenvalue weighted by atomic mass is 16.4. The van der Waals surface area contributed by atoms with E-state index >= 15 is 0 Å². The molecule has 8 heteroatoms. The summed E-state index contributed by atoms with van der Waals surface area (Å²) in [5.41, 5.74) is 7.19. The maximum atomic E-state index is 13.0. The Balaban J connectivity index is 1.86. The van der Waals surface area contributed by atoms with Gasteiger partial charge in [-0.2, -0.15) is 0 Å². The van der Waals surface area contributed by atoms with Crippen molar-refractivity contribution in [2.24, 2.45) is 5.73 Å². The Kier molecular flexibility index (Phi) is 5.22. The number of carboxylic acid groups (broad SMARTS) is 1. The number of amides is 2. The van der Waals surface area contributed by atoms with Crippen molar-refractivity contribution in [1.82, 2.24) is 15.2 Å². The van der Waals surface area contributed by atoms with Crippen molar-refractivity contribution < 1.29 is 19.5 Å². The number of likely N-dealkylation sites (tertiary alicyclic amines) is 1. The van der Waals surface area contributed by atoms with E-state index < -0.39 is 24.0 Å². The van der Waals surface area contributed by atoms with Crippen LogP contribution in [0.15, 0.2) is 30.5 Å². The molecule has 2 aromatic rings. The van der Waals surface area contributed by atoms with Crippen LogP contribution in [0.5, 0.6) is 0 Å². The van der Waals surface area contributed by atoms with Crippen molar-refractivity contribution in [3.05, 3.63) is 36.0 Å². The number of carboxylic acids is 1. The number of carbonyl (C=O) groups excluding carboxylic acids is 2. The van der Waals surface area contributed by atoms with Gasteiger partial charge in [-0.3, -0.25) is 9.59 Å². The van der Waals surface area contributed by atoms with Crippen LogP contribution in [-0.2, 0) is 20.8 Å². The van der Waals surface area contributed by atoms with Gasteiger partial charge in [0.05, 0.1) is 6.54 Å². The van der Waals surface area contributed by atoms with Gasteiger partial charge >= 0.3 is 5.97 Å². The topological polar surface area (TPSA) is 129 Å². The number of aromatic nitrogens is 1. The predicted octanol–water partition coefficient (Wildman–Crippen LogP) is 0.230. The molecular formula is C18H22N4O4. The van der Waals surface area contributed by atoms with E-state index in [1.54, 1.807) is 6.20 Å². The number of H-pyrrole nitrogens is 1. The fourth-order valence-electron chi connectivity index (χ4n) is 3.46. The number of rotatable bonds is 6. The number of aliphatic carboxylic acids is 1. The quantitative estimate of drug-likeness (QED) is 0.587. The second kappa shape index (κ2) is 7.57. The third-order valence-corrected chi connectivity index (χ3v) is 4.74. The maximum absolute atomic E-state index is 13.0. The van der Waals surface area contributed by atoms with Crippen LogP contribution in [-0.4, -0.2) is 57.9 Å². The average molecular weight is 358 g/mol. The Morgan fingerprint density at radius 3 is 2.85 bits per heavy atom. The molecule has 3 rings (SSSR count). The van der Waals surface area contributed by atoms with Crippen LogP contribution in [0.4, 0.5) is 0 Å². The number of nitrogens with zero attached hydrogens (tertiary/aromatic N) is 1. The van der Waals surface area contributed by atoms with Gasteiger partial charge in [0.1, 0.15) is 12.1 Å². The Bertz CT molecular complexity index is 831. The Labute approximate surface area is 150 Å². The van der Waals surface area contributed by atoms with Crippen LogP contribution >= 0.6 is 0 Å². The molecule has 1 saturated heterocycles. The normalized spacial score (nSPS) is 18.0. The lowest BCUT2D eigenvalue weighted by Gasteiger charge is -2.27. The van der Waals surface area contributed by atoms with E-state index in [9.17, 15) is 19.5 Å². The molecule has 2 atom stereocenters. The lowest BCUT2D eigenvalue weighted by atomic mass is 10.0. The number of hydrogen-bond donors (Lipinski definition) is 4. The highest BCUT2D eigenvalue weighted by Crippen LogP contribution is 2.22. The number of carbonyl (C=O) groups is 3. The van der Waals surface area contributed by atoms with Gasteiger partial charge in [-0.15, -0.1) is 0 Å². The van der Waals surface area contributed by atoms with Crippen molar-refractivity contribution in [3.63, 3.8) is 0 Å². The highest BCUT2D eigenvalue weighted by Gasteiger charge is 2.37. The molecule has 1 fully saturated rings. The van der Waals surface area contributed by atoms with E-state index in [1.165, 1.54) is 4.90 Å². The van der Waals surface area contributed by atoms with Crippen LogP contribution in [0.2, 0.25) is 0 Å². The molecule has 5 N–H and O–H groups in total. The van der Waals surface area contributed by atoms with Crippen LogP contribution in [0.25, 0.3) is 10.9 Å². The van der Waals surface area contributed by atoms with Crippen LogP contribution in [0.3, 0.4) is 0 Å². The largest absolute Gasteiger partial charge is 0.480 e. The summed E-state index contributed by atoms with van der Waals surface area (Å²) in [6.07, 6.45) is 3.12. The van der Waals surface area contributed by atoms with Crippen LogP contribution < -0.4 is 11.1 Å². The summed E-state index contributed by atoms with van der Waals surface area (Å²) < 4.78 is 0. The molecular weight excluding hydrogens is 336 g/mol. The molecule has 0 radical (unpaired) electrons. The summed E-state index contributed by atoms with van der Waals surface area (Å²) in [6, 6.07) is 5.96. The van der Waals surface area contributed by atoms with E-state index in [-0.39, 0.29) is 18.9 Å². The molecule has 0 bridgehead atoms. The molecule has 0 saturated carbocycles. The second-order valence-corrected chi connectivity index (χ2v) is 6.42. The van der Waals surface area contributed by atoms with Gasteiger partial charge in [0.15, 0.2) is 0 Å². The molecule has 2 unspecified atom stereocenters. The number of nitrogens with two attached hydrogens (primary N) is 1. The molecule has 1 aromatic carbocycles. The molecule has 1 aliphatic rings. The number of benzene rings is 1. The molecule has 2 amide bonds. The second-order valence-electron chi connectivity index (χ2n) is 6.42. The van der Waals surface area contributed by atoms with E-state index in [1.807, 2.05) is 24.3 Å². The molecule has 2 heterocycles. The van der Waals surface area contributed by atoms with Crippen molar-refractivity contribution >= 4 is 28.7 Å². The minimum atomic E-state index is -1.02. The SMILES string of the molecule is NCC(=O)NC(Cc1c[nH]c2ccccc12)C(=O)N1CCCC1C(=O)O. The van der Waals surface area contributed by atoms with E-state index in [0.29, 0.717) is 19.4 Å². The number of fused-ring (bicyclic) bond motifs is 1. The number of para-hydroxylation sites is 1. The standard InChI is InChI=1S/C18H22N4O4/c19-9-16(23)21-14(17(24)22-7-3-6-15(22)18(25)26)8-11-10-20-13-5-2-1-4-12(11)13/h1-2,4-5,10,14-15,20H,3,6-9,19H2,(H,21,23)(H,25,26). The zero-order chi connectivity index (χ0) is 18.7. The Hall–Kier alpha value is -2.87. The van der Waals surface area contributed by atoms with Gasteiger partial charge in [-0.25, -0.2) is 4.79 Å². The first-order chi connectivity index (χ1) is 12.5. The van der Waals surface area contributed by atoms with Crippen molar-refractivity contribution in [2.45, 2.75) is 31.3 Å². The van der Waals surface area contributed by atoms with Crippen molar-refractivity contribution in [1.29, 1.82) is 0 Å². The Morgan fingerprint density at radius 1 is 1.35 bits per heavy atom. The van der Waals surface area contributed by atoms with Crippen LogP contribution in [0, 0.1) is 0 Å². The molecule has 0 spiro atoms. The van der Waals surface area contributed by atoms with Crippen molar-refractivity contribution in [3.8, 4) is 0 Å². The zero-order valence-corrected chi connectivity index (χ0v) is 14.3. The zero-order valence-electron chi connectivity index (χ0n) is 14.3. The first kappa shape index (κ1) is 17.9. The third kappa shape index (κ3) is 3.55. The lowest BCUT2D eigenvalue weighted by molar-refractivity contribution is -0.149. The van der Waals surface area contributed by atoms with Gasteiger partial charge in [-0.1, -0.05) is 18.2 Å². The maximum Gasteiger partial charge on any atom is 0.326 e. The first-order valence-electron chi connectivity index (χ1n) is 8.59. The fraction of sp³-hybridized carbons (Fsp3) is 0.389. The summed E-state index contributed by atoms with van der Waals surface area (Å²) in [4.78, 5) is 40.7. The number of nitrogens with one attached hydrogen (secondary N) is 2. The molecule has 1 aliphatic heterocycles. The first-order valence-corrected chi connectivity index (χ1v) is 8.59. The van der Waals surface area contributed by atoms with Crippen LogP contribution in [0.1, 0.15) is 18.4 Å². The van der Waals surface area contributed by atoms with E-state index in [4.69, 9.17) is 5.73 Å². The Morgan fingerprint density at radius 2 is 2.12 bits per heavy atom. The third-order valence-electron chi connectivity index (χ3n) is 4.74. The minimum absolute atomic E-state index is 0.236. The van der Waals surface area contributed by atoms with Gasteiger partial charge in [-0.05, 0) is 24.5 Å².